The van der Waals surface area contributed by atoms with Crippen molar-refractivity contribution in [3.05, 3.63) is 0 Å². The molecule has 0 saturated carbocycles. The minimum absolute atomic E-state index is 0.301. The lowest BCUT2D eigenvalue weighted by Crippen LogP contribution is -2.38. The molecule has 5 heteroatoms. The maximum atomic E-state index is 10.3. The smallest absolute Gasteiger partial charge is 0.337 e. The highest BCUT2D eigenvalue weighted by Gasteiger charge is 2.26. The van der Waals surface area contributed by atoms with Crippen LogP contribution in [0, 0.1) is 0 Å². The first kappa shape index (κ1) is 11.4. The van der Waals surface area contributed by atoms with E-state index in [1.54, 1.807) is 13.8 Å². The van der Waals surface area contributed by atoms with Gasteiger partial charge in [0.25, 0.3) is 0 Å². The lowest BCUT2D eigenvalue weighted by Gasteiger charge is -2.19. The number of hydrogen-bond donors (Lipinski definition) is 2. The highest BCUT2D eigenvalue weighted by Crippen LogP contribution is 2.01. The van der Waals surface area contributed by atoms with E-state index in [0.717, 1.165) is 0 Å². The fourth-order valence-electron chi connectivity index (χ4n) is 0.675. The SMILES string of the molecule is CCOC(OCC)C(O)C(=O)O. The first-order valence-corrected chi connectivity index (χ1v) is 3.77. The summed E-state index contributed by atoms with van der Waals surface area (Å²) in [5.74, 6) is -1.35. The summed E-state index contributed by atoms with van der Waals surface area (Å²) < 4.78 is 9.70. The minimum Gasteiger partial charge on any atom is -0.479 e. The summed E-state index contributed by atoms with van der Waals surface area (Å²) in [7, 11) is 0. The van der Waals surface area contributed by atoms with Gasteiger partial charge in [-0.1, -0.05) is 0 Å². The van der Waals surface area contributed by atoms with E-state index in [9.17, 15) is 4.79 Å². The van der Waals surface area contributed by atoms with E-state index in [0.29, 0.717) is 13.2 Å². The minimum atomic E-state index is -1.62. The van der Waals surface area contributed by atoms with Crippen LogP contribution in [0.25, 0.3) is 0 Å². The van der Waals surface area contributed by atoms with Gasteiger partial charge in [-0.3, -0.25) is 0 Å². The van der Waals surface area contributed by atoms with Crippen LogP contribution >= 0.6 is 0 Å². The standard InChI is InChI=1S/C7H14O5/c1-3-11-7(12-4-2)5(8)6(9)10/h5,7-8H,3-4H2,1-2H3,(H,9,10). The molecule has 72 valence electrons. The van der Waals surface area contributed by atoms with Crippen LogP contribution in [0.1, 0.15) is 13.8 Å². The molecule has 0 aromatic rings. The van der Waals surface area contributed by atoms with Crippen LogP contribution in [0.15, 0.2) is 0 Å². The zero-order chi connectivity index (χ0) is 9.56. The molecule has 0 radical (unpaired) electrons. The van der Waals surface area contributed by atoms with Crippen molar-refractivity contribution in [3.63, 3.8) is 0 Å². The quantitative estimate of drug-likeness (QED) is 0.552. The number of carboxylic acids is 1. The zero-order valence-electron chi connectivity index (χ0n) is 7.19. The Balaban J connectivity index is 3.98. The van der Waals surface area contributed by atoms with Crippen molar-refractivity contribution in [3.8, 4) is 0 Å². The lowest BCUT2D eigenvalue weighted by atomic mass is 10.3. The molecule has 0 amide bonds. The van der Waals surface area contributed by atoms with Gasteiger partial charge in [0.15, 0.2) is 6.29 Å². The fourth-order valence-corrected chi connectivity index (χ4v) is 0.675. The third-order valence-corrected chi connectivity index (χ3v) is 1.17. The highest BCUT2D eigenvalue weighted by atomic mass is 16.7. The molecule has 1 atom stereocenters. The monoisotopic (exact) mass is 178 g/mol. The van der Waals surface area contributed by atoms with Crippen molar-refractivity contribution in [1.82, 2.24) is 0 Å². The molecule has 0 aliphatic carbocycles. The molecule has 0 saturated heterocycles. The van der Waals surface area contributed by atoms with E-state index >= 15 is 0 Å². The van der Waals surface area contributed by atoms with Crippen LogP contribution < -0.4 is 0 Å². The Kier molecular flexibility index (Phi) is 5.61. The molecule has 0 spiro atoms. The Labute approximate surface area is 70.9 Å². The van der Waals surface area contributed by atoms with Crippen molar-refractivity contribution in [2.24, 2.45) is 0 Å². The van der Waals surface area contributed by atoms with Gasteiger partial charge in [-0.2, -0.15) is 0 Å². The Morgan fingerprint density at radius 3 is 2.00 bits per heavy atom. The number of rotatable bonds is 6. The third-order valence-electron chi connectivity index (χ3n) is 1.17. The molecule has 0 aromatic carbocycles. The van der Waals surface area contributed by atoms with Crippen molar-refractivity contribution in [2.75, 3.05) is 13.2 Å². The van der Waals surface area contributed by atoms with Gasteiger partial charge < -0.3 is 19.7 Å². The summed E-state index contributed by atoms with van der Waals surface area (Å²) in [5.41, 5.74) is 0. The molecule has 0 rings (SSSR count). The maximum absolute atomic E-state index is 10.3. The van der Waals surface area contributed by atoms with Gasteiger partial charge in [0.2, 0.25) is 6.10 Å². The Hall–Kier alpha value is -0.650. The molecule has 5 nitrogen and oxygen atoms in total. The summed E-state index contributed by atoms with van der Waals surface area (Å²) in [6, 6.07) is 0. The number of aliphatic hydroxyl groups excluding tert-OH is 1. The van der Waals surface area contributed by atoms with E-state index in [4.69, 9.17) is 19.7 Å². The molecule has 0 aromatic heterocycles. The predicted molar refractivity (Wildman–Crippen MR) is 40.7 cm³/mol. The van der Waals surface area contributed by atoms with Crippen LogP contribution in [0.4, 0.5) is 0 Å². The predicted octanol–water partition coefficient (Wildman–Crippen LogP) is -0.169. The second-order valence-electron chi connectivity index (χ2n) is 2.06. The van der Waals surface area contributed by atoms with Crippen LogP contribution in [0.5, 0.6) is 0 Å². The van der Waals surface area contributed by atoms with Crippen LogP contribution in [0.3, 0.4) is 0 Å². The Morgan fingerprint density at radius 1 is 1.33 bits per heavy atom. The molecule has 1 unspecified atom stereocenters. The van der Waals surface area contributed by atoms with Gasteiger partial charge in [0.1, 0.15) is 0 Å². The molecule has 0 aliphatic heterocycles. The average Bonchev–Trinajstić information content (AvgIpc) is 2.03. The highest BCUT2D eigenvalue weighted by molar-refractivity contribution is 5.72. The number of ether oxygens (including phenoxy) is 2. The number of carbonyl (C=O) groups is 1. The molecule has 12 heavy (non-hydrogen) atoms. The molecule has 0 heterocycles. The van der Waals surface area contributed by atoms with Gasteiger partial charge in [-0.05, 0) is 13.8 Å². The second-order valence-corrected chi connectivity index (χ2v) is 2.06. The van der Waals surface area contributed by atoms with Gasteiger partial charge in [-0.15, -0.1) is 0 Å². The van der Waals surface area contributed by atoms with E-state index < -0.39 is 18.4 Å². The second kappa shape index (κ2) is 5.93. The summed E-state index contributed by atoms with van der Waals surface area (Å²) in [6.45, 7) is 3.99. The molecular weight excluding hydrogens is 164 g/mol. The van der Waals surface area contributed by atoms with Gasteiger partial charge in [-0.25, -0.2) is 4.79 Å². The first-order valence-electron chi connectivity index (χ1n) is 3.77. The summed E-state index contributed by atoms with van der Waals surface area (Å²) >= 11 is 0. The van der Waals surface area contributed by atoms with E-state index in [1.165, 1.54) is 0 Å². The van der Waals surface area contributed by atoms with E-state index in [1.807, 2.05) is 0 Å². The average molecular weight is 178 g/mol. The zero-order valence-corrected chi connectivity index (χ0v) is 7.19. The normalized spacial score (nSPS) is 13.3. The van der Waals surface area contributed by atoms with Crippen molar-refractivity contribution < 1.29 is 24.5 Å². The van der Waals surface area contributed by atoms with Gasteiger partial charge in [0.05, 0.1) is 0 Å². The number of hydrogen-bond acceptors (Lipinski definition) is 4. The Morgan fingerprint density at radius 2 is 1.75 bits per heavy atom. The van der Waals surface area contributed by atoms with Crippen molar-refractivity contribution in [2.45, 2.75) is 26.2 Å². The maximum Gasteiger partial charge on any atom is 0.337 e. The number of carboxylic acid groups (broad SMARTS) is 1. The van der Waals surface area contributed by atoms with Crippen LogP contribution in [0.2, 0.25) is 0 Å². The van der Waals surface area contributed by atoms with Crippen molar-refractivity contribution in [1.29, 1.82) is 0 Å². The lowest BCUT2D eigenvalue weighted by molar-refractivity contribution is -0.202. The first-order chi connectivity index (χ1) is 5.63. The number of aliphatic carboxylic acids is 1. The van der Waals surface area contributed by atoms with Gasteiger partial charge in [0, 0.05) is 13.2 Å². The molecule has 0 fully saturated rings. The number of aliphatic hydroxyl groups is 1. The Bertz CT molecular complexity index is 130. The van der Waals surface area contributed by atoms with Gasteiger partial charge >= 0.3 is 5.97 Å². The topological polar surface area (TPSA) is 76.0 Å². The molecule has 0 bridgehead atoms. The largest absolute Gasteiger partial charge is 0.479 e. The van der Waals surface area contributed by atoms with Crippen LogP contribution in [-0.4, -0.2) is 41.8 Å². The molecule has 0 aliphatic rings. The van der Waals surface area contributed by atoms with Crippen molar-refractivity contribution >= 4 is 5.97 Å². The fraction of sp³-hybridized carbons (Fsp3) is 0.857. The van der Waals surface area contributed by atoms with E-state index in [2.05, 4.69) is 0 Å². The third kappa shape index (κ3) is 3.66. The molecule has 2 N–H and O–H groups in total. The summed E-state index contributed by atoms with van der Waals surface area (Å²) in [6.07, 6.45) is -2.69. The van der Waals surface area contributed by atoms with Crippen LogP contribution in [-0.2, 0) is 14.3 Å². The molecular formula is C7H14O5. The van der Waals surface area contributed by atoms with E-state index in [-0.39, 0.29) is 0 Å². The summed E-state index contributed by atoms with van der Waals surface area (Å²) in [5, 5.41) is 17.4. The summed E-state index contributed by atoms with van der Waals surface area (Å²) in [4.78, 5) is 10.3.